The molecule has 2 fully saturated rings. The number of aromatic nitrogens is 2. The van der Waals surface area contributed by atoms with Gasteiger partial charge in [0.05, 0.1) is 12.3 Å². The first-order valence-corrected chi connectivity index (χ1v) is 9.16. The highest BCUT2D eigenvalue weighted by Gasteiger charge is 2.34. The predicted octanol–water partition coefficient (Wildman–Crippen LogP) is 0.259. The Balaban J connectivity index is 1.93. The number of fused-ring (bicyclic) bond motifs is 1. The van der Waals surface area contributed by atoms with E-state index in [1.807, 2.05) is 0 Å². The molecule has 0 bridgehead atoms. The van der Waals surface area contributed by atoms with Crippen LogP contribution >= 0.6 is 0 Å². The number of halogens is 1. The number of nitrogens with two attached hydrogens (primary N) is 1. The number of nitrogens with zero attached hydrogens (tertiary/aromatic N) is 3. The fourth-order valence-electron chi connectivity index (χ4n) is 3.73. The Kier molecular flexibility index (Phi) is 4.61. The third kappa shape index (κ3) is 3.07. The van der Waals surface area contributed by atoms with Gasteiger partial charge < -0.3 is 30.1 Å². The van der Waals surface area contributed by atoms with E-state index < -0.39 is 33.6 Å². The molecule has 1 aliphatic heterocycles. The molecule has 10 nitrogen and oxygen atoms in total. The third-order valence-electron chi connectivity index (χ3n) is 5.35. The van der Waals surface area contributed by atoms with Crippen LogP contribution in [0, 0.1) is 11.7 Å². The summed E-state index contributed by atoms with van der Waals surface area (Å²) in [5.74, 6) is -2.86. The van der Waals surface area contributed by atoms with Crippen molar-refractivity contribution in [2.75, 3.05) is 31.6 Å². The van der Waals surface area contributed by atoms with Gasteiger partial charge in [-0.1, -0.05) is 5.16 Å². The highest BCUT2D eigenvalue weighted by molar-refractivity contribution is 5.95. The predicted molar refractivity (Wildman–Crippen MR) is 103 cm³/mol. The second-order valence-electron chi connectivity index (χ2n) is 7.23. The summed E-state index contributed by atoms with van der Waals surface area (Å²) < 4.78 is 16.6. The van der Waals surface area contributed by atoms with Crippen LogP contribution in [0.15, 0.2) is 20.9 Å². The molecule has 1 saturated heterocycles. The van der Waals surface area contributed by atoms with Crippen LogP contribution in [0.3, 0.4) is 0 Å². The Labute approximate surface area is 163 Å². The second kappa shape index (κ2) is 6.99. The number of anilines is 1. The maximum absolute atomic E-state index is 15.0. The molecule has 1 atom stereocenters. The minimum atomic E-state index is -1.46. The van der Waals surface area contributed by atoms with Crippen molar-refractivity contribution in [1.29, 1.82) is 0 Å². The summed E-state index contributed by atoms with van der Waals surface area (Å²) >= 11 is 0. The molecular formula is C18H20FN5O5. The Hall–Kier alpha value is -3.21. The normalized spacial score (nSPS) is 20.6. The van der Waals surface area contributed by atoms with Gasteiger partial charge in [0.2, 0.25) is 16.7 Å². The number of aromatic amines is 1. The highest BCUT2D eigenvalue weighted by Crippen LogP contribution is 2.36. The van der Waals surface area contributed by atoms with Gasteiger partial charge in [0.15, 0.2) is 0 Å². The number of nitrogens with one attached hydrogen (secondary N) is 1. The minimum Gasteiger partial charge on any atom is -0.477 e. The van der Waals surface area contributed by atoms with Crippen molar-refractivity contribution in [3.8, 4) is 0 Å². The fraction of sp³-hybridized carbons (Fsp3) is 0.444. The Morgan fingerprint density at radius 2 is 2.14 bits per heavy atom. The number of carbonyl (C=O) groups is 1. The highest BCUT2D eigenvalue weighted by atomic mass is 19.1. The molecule has 0 aromatic carbocycles. The summed E-state index contributed by atoms with van der Waals surface area (Å²) in [5.41, 5.74) is 3.82. The lowest BCUT2D eigenvalue weighted by Gasteiger charge is -2.20. The van der Waals surface area contributed by atoms with Crippen LogP contribution < -0.4 is 21.5 Å². The monoisotopic (exact) mass is 405 g/mol. The quantitative estimate of drug-likeness (QED) is 0.606. The van der Waals surface area contributed by atoms with Gasteiger partial charge in [-0.05, 0) is 12.8 Å². The van der Waals surface area contributed by atoms with E-state index in [0.29, 0.717) is 12.3 Å². The van der Waals surface area contributed by atoms with Crippen molar-refractivity contribution < 1.29 is 19.1 Å². The molecule has 0 amide bonds. The maximum Gasteiger partial charge on any atom is 0.341 e. The van der Waals surface area contributed by atoms with Crippen LogP contribution in [0.25, 0.3) is 11.0 Å². The Bertz CT molecular complexity index is 1150. The number of oxime groups is 1. The number of carboxylic acid groups (broad SMARTS) is 1. The average Bonchev–Trinajstić information content (AvgIpc) is 3.45. The van der Waals surface area contributed by atoms with E-state index in [-0.39, 0.29) is 36.5 Å². The number of hydrogen-bond acceptors (Lipinski definition) is 7. The molecule has 0 spiro atoms. The summed E-state index contributed by atoms with van der Waals surface area (Å²) in [6.45, 7) is 0.791. The zero-order chi connectivity index (χ0) is 20.9. The summed E-state index contributed by atoms with van der Waals surface area (Å²) in [4.78, 5) is 46.0. The number of carboxylic acids is 1. The fourth-order valence-corrected chi connectivity index (χ4v) is 3.73. The summed E-state index contributed by atoms with van der Waals surface area (Å²) in [5, 5.41) is 12.8. The van der Waals surface area contributed by atoms with Crippen LogP contribution in [0.4, 0.5) is 10.2 Å². The molecule has 1 saturated carbocycles. The van der Waals surface area contributed by atoms with E-state index in [1.54, 1.807) is 9.47 Å². The molecule has 3 heterocycles. The van der Waals surface area contributed by atoms with Gasteiger partial charge in [-0.25, -0.2) is 4.79 Å². The van der Waals surface area contributed by atoms with Crippen molar-refractivity contribution >= 4 is 28.5 Å². The number of aromatic carboxylic acids is 1. The number of H-pyrrole nitrogens is 1. The van der Waals surface area contributed by atoms with E-state index in [0.717, 1.165) is 12.8 Å². The molecule has 2 aromatic heterocycles. The lowest BCUT2D eigenvalue weighted by Crippen LogP contribution is -2.30. The van der Waals surface area contributed by atoms with Gasteiger partial charge in [0, 0.05) is 31.2 Å². The molecular weight excluding hydrogens is 385 g/mol. The van der Waals surface area contributed by atoms with E-state index in [9.17, 15) is 19.5 Å². The average molecular weight is 405 g/mol. The SMILES string of the molecule is CO/N=C1\CN(c2[nH]c3c(c(=O)c(C(=O)O)cn3C3CC3)c(=O)c2F)CC1CN. The molecule has 11 heteroatoms. The summed E-state index contributed by atoms with van der Waals surface area (Å²) in [6, 6.07) is -0.0499. The van der Waals surface area contributed by atoms with Crippen LogP contribution in [0.2, 0.25) is 0 Å². The number of rotatable bonds is 5. The van der Waals surface area contributed by atoms with Crippen LogP contribution in [0.1, 0.15) is 29.2 Å². The first-order valence-electron chi connectivity index (χ1n) is 9.16. The topological polar surface area (TPSA) is 143 Å². The molecule has 2 aliphatic rings. The standard InChI is InChI=1S/C18H20FN5O5/c1-29-22-11-7-23(5-8(11)4-20)17-13(19)15(26)12-14(25)10(18(27)28)6-24(9-2-3-9)16(12)21-17/h6,8-9H,2-5,7,20H2,1H3,(H,21,26)(H,27,28)/b22-11+. The first kappa shape index (κ1) is 19.1. The molecule has 4 N–H and O–H groups in total. The van der Waals surface area contributed by atoms with E-state index in [1.165, 1.54) is 13.3 Å². The van der Waals surface area contributed by atoms with Gasteiger partial charge in [-0.15, -0.1) is 0 Å². The molecule has 1 unspecified atom stereocenters. The minimum absolute atomic E-state index is 0.0499. The number of pyridine rings is 2. The molecule has 29 heavy (non-hydrogen) atoms. The Morgan fingerprint density at radius 1 is 1.41 bits per heavy atom. The van der Waals surface area contributed by atoms with Crippen LogP contribution in [-0.2, 0) is 4.84 Å². The van der Waals surface area contributed by atoms with Crippen LogP contribution in [0.5, 0.6) is 0 Å². The van der Waals surface area contributed by atoms with Gasteiger partial charge in [-0.2, -0.15) is 4.39 Å². The summed E-state index contributed by atoms with van der Waals surface area (Å²) in [6.07, 6.45) is 2.76. The van der Waals surface area contributed by atoms with E-state index in [2.05, 4.69) is 10.1 Å². The third-order valence-corrected chi connectivity index (χ3v) is 5.35. The first-order chi connectivity index (χ1) is 13.9. The van der Waals surface area contributed by atoms with Crippen molar-refractivity contribution in [3.05, 3.63) is 38.0 Å². The molecule has 4 rings (SSSR count). The second-order valence-corrected chi connectivity index (χ2v) is 7.23. The van der Waals surface area contributed by atoms with E-state index >= 15 is 4.39 Å². The van der Waals surface area contributed by atoms with Crippen molar-refractivity contribution in [2.24, 2.45) is 16.8 Å². The van der Waals surface area contributed by atoms with Gasteiger partial charge in [-0.3, -0.25) is 9.59 Å². The summed E-state index contributed by atoms with van der Waals surface area (Å²) in [7, 11) is 1.40. The molecule has 154 valence electrons. The van der Waals surface area contributed by atoms with Crippen molar-refractivity contribution in [3.63, 3.8) is 0 Å². The van der Waals surface area contributed by atoms with Gasteiger partial charge in [0.1, 0.15) is 29.5 Å². The van der Waals surface area contributed by atoms with Crippen molar-refractivity contribution in [2.45, 2.75) is 18.9 Å². The van der Waals surface area contributed by atoms with Crippen LogP contribution in [-0.4, -0.2) is 53.1 Å². The number of hydrogen-bond donors (Lipinski definition) is 3. The molecule has 2 aromatic rings. The Morgan fingerprint density at radius 3 is 2.72 bits per heavy atom. The molecule has 1 aliphatic carbocycles. The van der Waals surface area contributed by atoms with Gasteiger partial charge >= 0.3 is 5.97 Å². The largest absolute Gasteiger partial charge is 0.477 e. The smallest absolute Gasteiger partial charge is 0.341 e. The lowest BCUT2D eigenvalue weighted by molar-refractivity contribution is 0.0695. The zero-order valence-corrected chi connectivity index (χ0v) is 15.6. The van der Waals surface area contributed by atoms with Crippen molar-refractivity contribution in [1.82, 2.24) is 9.55 Å². The van der Waals surface area contributed by atoms with E-state index in [4.69, 9.17) is 10.6 Å². The molecule has 0 radical (unpaired) electrons. The zero-order valence-electron chi connectivity index (χ0n) is 15.6. The van der Waals surface area contributed by atoms with Gasteiger partial charge in [0.25, 0.3) is 0 Å². The lowest BCUT2D eigenvalue weighted by atomic mass is 10.1. The maximum atomic E-state index is 15.0.